The van der Waals surface area contributed by atoms with E-state index in [1.165, 1.54) is 28.4 Å². The molecule has 0 radical (unpaired) electrons. The van der Waals surface area contributed by atoms with Gasteiger partial charge in [0.1, 0.15) is 11.2 Å². The number of amides is 1. The van der Waals surface area contributed by atoms with E-state index in [4.69, 9.17) is 5.73 Å². The van der Waals surface area contributed by atoms with Gasteiger partial charge in [0.25, 0.3) is 0 Å². The summed E-state index contributed by atoms with van der Waals surface area (Å²) in [6.45, 7) is 0.521. The van der Waals surface area contributed by atoms with Crippen LogP contribution < -0.4 is 5.73 Å². The van der Waals surface area contributed by atoms with Gasteiger partial charge in [-0.1, -0.05) is 12.1 Å². The van der Waals surface area contributed by atoms with E-state index in [0.717, 1.165) is 22.7 Å². The first-order valence-corrected chi connectivity index (χ1v) is 10.4. The molecular weight excluding hydrogens is 406 g/mol. The van der Waals surface area contributed by atoms with Crippen LogP contribution in [0, 0.1) is 5.92 Å². The van der Waals surface area contributed by atoms with Crippen molar-refractivity contribution in [3.05, 3.63) is 40.4 Å². The molecule has 3 atom stereocenters. The predicted octanol–water partition coefficient (Wildman–Crippen LogP) is 3.83. The molecule has 1 aromatic heterocycles. The molecule has 9 heteroatoms. The molecule has 2 aromatic rings. The number of aryl methyl sites for hydroxylation is 1. The lowest BCUT2D eigenvalue weighted by Gasteiger charge is -2.29. The van der Waals surface area contributed by atoms with Crippen molar-refractivity contribution in [1.29, 1.82) is 0 Å². The largest absolute Gasteiger partial charge is 0.416 e. The fourth-order valence-electron chi connectivity index (χ4n) is 3.96. The number of alkyl halides is 4. The highest BCUT2D eigenvalue weighted by atomic mass is 32.1. The Morgan fingerprint density at radius 2 is 1.97 bits per heavy atom. The molecule has 1 saturated heterocycles. The van der Waals surface area contributed by atoms with Crippen LogP contribution in [0.4, 0.5) is 17.6 Å². The normalized spacial score (nSPS) is 23.1. The zero-order valence-corrected chi connectivity index (χ0v) is 16.4. The van der Waals surface area contributed by atoms with Crippen molar-refractivity contribution >= 4 is 17.2 Å². The van der Waals surface area contributed by atoms with Gasteiger partial charge in [-0.05, 0) is 43.7 Å². The molecule has 1 aliphatic heterocycles. The number of nitrogens with two attached hydrogens (primary N) is 1. The summed E-state index contributed by atoms with van der Waals surface area (Å²) in [4.78, 5) is 19.7. The number of hydrogen-bond acceptors (Lipinski definition) is 4. The molecule has 4 nitrogen and oxygen atoms in total. The standard InChI is InChI=1S/C20H21F4N3OS/c21-14-7-8-27(10-14)19(28)17(25)12-3-6-15-16(9-12)29-18(26-15)11-1-4-13(5-2-11)20(22,23)24/h1-2,4-5,12,14,17H,3,6-10,25H2. The van der Waals surface area contributed by atoms with Gasteiger partial charge in [-0.2, -0.15) is 13.2 Å². The van der Waals surface area contributed by atoms with E-state index in [-0.39, 0.29) is 18.4 Å². The topological polar surface area (TPSA) is 59.2 Å². The lowest BCUT2D eigenvalue weighted by molar-refractivity contribution is -0.137. The SMILES string of the molecule is NC(C(=O)N1CCC(F)C1)C1CCc2nc(-c3ccc(C(F)(F)F)cc3)sc2C1. The van der Waals surface area contributed by atoms with Crippen molar-refractivity contribution in [1.82, 2.24) is 9.88 Å². The molecule has 4 rings (SSSR count). The quantitative estimate of drug-likeness (QED) is 0.758. The fraction of sp³-hybridized carbons (Fsp3) is 0.500. The monoisotopic (exact) mass is 427 g/mol. The molecule has 2 heterocycles. The number of hydrogen-bond donors (Lipinski definition) is 1. The van der Waals surface area contributed by atoms with Crippen molar-refractivity contribution in [2.24, 2.45) is 11.7 Å². The van der Waals surface area contributed by atoms with Crippen molar-refractivity contribution in [3.63, 3.8) is 0 Å². The number of thiazole rings is 1. The van der Waals surface area contributed by atoms with Crippen molar-refractivity contribution < 1.29 is 22.4 Å². The number of likely N-dealkylation sites (tertiary alicyclic amines) is 1. The third-order valence-corrected chi connectivity index (χ3v) is 6.84. The fourth-order valence-corrected chi connectivity index (χ4v) is 5.17. The molecular formula is C20H21F4N3OS. The Bertz CT molecular complexity index is 896. The van der Waals surface area contributed by atoms with Crippen LogP contribution in [0.15, 0.2) is 24.3 Å². The first-order valence-electron chi connectivity index (χ1n) is 9.57. The van der Waals surface area contributed by atoms with E-state index < -0.39 is 24.0 Å². The molecule has 2 aliphatic rings. The van der Waals surface area contributed by atoms with E-state index in [1.807, 2.05) is 0 Å². The number of aromatic nitrogens is 1. The van der Waals surface area contributed by atoms with Gasteiger partial charge in [0.15, 0.2) is 0 Å². The van der Waals surface area contributed by atoms with Gasteiger partial charge in [-0.25, -0.2) is 9.37 Å². The van der Waals surface area contributed by atoms with Gasteiger partial charge in [0.2, 0.25) is 5.91 Å². The molecule has 0 spiro atoms. The Hall–Kier alpha value is -2.00. The molecule has 0 bridgehead atoms. The summed E-state index contributed by atoms with van der Waals surface area (Å²) in [5.41, 5.74) is 7.08. The van der Waals surface area contributed by atoms with Crippen LogP contribution in [0.25, 0.3) is 10.6 Å². The Kier molecular flexibility index (Phi) is 5.37. The third-order valence-electron chi connectivity index (χ3n) is 5.67. The van der Waals surface area contributed by atoms with Gasteiger partial charge in [-0.15, -0.1) is 11.3 Å². The second kappa shape index (κ2) is 7.68. The molecule has 3 unspecified atom stereocenters. The summed E-state index contributed by atoms with van der Waals surface area (Å²) in [5, 5.41) is 0.670. The predicted molar refractivity (Wildman–Crippen MR) is 102 cm³/mol. The number of fused-ring (bicyclic) bond motifs is 1. The van der Waals surface area contributed by atoms with Gasteiger partial charge in [0, 0.05) is 17.0 Å². The van der Waals surface area contributed by atoms with Crippen LogP contribution in [-0.4, -0.2) is 41.1 Å². The first kappa shape index (κ1) is 20.3. The summed E-state index contributed by atoms with van der Waals surface area (Å²) >= 11 is 1.43. The Morgan fingerprint density at radius 3 is 2.59 bits per heavy atom. The van der Waals surface area contributed by atoms with Crippen LogP contribution in [0.2, 0.25) is 0 Å². The molecule has 1 amide bonds. The van der Waals surface area contributed by atoms with Crippen molar-refractivity contribution in [2.75, 3.05) is 13.1 Å². The van der Waals surface area contributed by atoms with Crippen LogP contribution in [-0.2, 0) is 23.8 Å². The Balaban J connectivity index is 1.47. The molecule has 1 fully saturated rings. The molecule has 1 aromatic carbocycles. The van der Waals surface area contributed by atoms with E-state index >= 15 is 0 Å². The van der Waals surface area contributed by atoms with Crippen LogP contribution in [0.3, 0.4) is 0 Å². The highest BCUT2D eigenvalue weighted by Gasteiger charge is 2.35. The van der Waals surface area contributed by atoms with Gasteiger partial charge < -0.3 is 10.6 Å². The summed E-state index contributed by atoms with van der Waals surface area (Å²) in [6, 6.07) is 4.30. The highest BCUT2D eigenvalue weighted by Crippen LogP contribution is 2.37. The van der Waals surface area contributed by atoms with E-state index in [9.17, 15) is 22.4 Å². The molecule has 1 aliphatic carbocycles. The average molecular weight is 427 g/mol. The van der Waals surface area contributed by atoms with E-state index in [2.05, 4.69) is 4.98 Å². The first-order chi connectivity index (χ1) is 13.7. The van der Waals surface area contributed by atoms with Crippen molar-refractivity contribution in [2.45, 2.75) is 44.1 Å². The van der Waals surface area contributed by atoms with Crippen LogP contribution in [0.1, 0.15) is 29.0 Å². The van der Waals surface area contributed by atoms with Gasteiger partial charge >= 0.3 is 6.18 Å². The number of benzene rings is 1. The maximum absolute atomic E-state index is 13.4. The summed E-state index contributed by atoms with van der Waals surface area (Å²) in [6.07, 6.45) is -3.00. The number of rotatable bonds is 3. The highest BCUT2D eigenvalue weighted by molar-refractivity contribution is 7.15. The minimum Gasteiger partial charge on any atom is -0.338 e. The number of carbonyl (C=O) groups excluding carboxylic acids is 1. The average Bonchev–Trinajstić information content (AvgIpc) is 3.31. The van der Waals surface area contributed by atoms with Gasteiger partial charge in [0.05, 0.1) is 23.8 Å². The van der Waals surface area contributed by atoms with Gasteiger partial charge in [-0.3, -0.25) is 4.79 Å². The maximum Gasteiger partial charge on any atom is 0.416 e. The number of carbonyl (C=O) groups is 1. The Labute approximate surface area is 169 Å². The second-order valence-electron chi connectivity index (χ2n) is 7.66. The van der Waals surface area contributed by atoms with Crippen molar-refractivity contribution in [3.8, 4) is 10.6 Å². The Morgan fingerprint density at radius 1 is 1.24 bits per heavy atom. The summed E-state index contributed by atoms with van der Waals surface area (Å²) in [5.74, 6) is -0.249. The molecule has 2 N–H and O–H groups in total. The van der Waals surface area contributed by atoms with E-state index in [1.54, 1.807) is 0 Å². The maximum atomic E-state index is 13.4. The number of nitrogens with zero attached hydrogens (tertiary/aromatic N) is 2. The van der Waals surface area contributed by atoms with Crippen LogP contribution >= 0.6 is 11.3 Å². The lowest BCUT2D eigenvalue weighted by atomic mass is 9.85. The smallest absolute Gasteiger partial charge is 0.338 e. The zero-order valence-electron chi connectivity index (χ0n) is 15.6. The molecule has 29 heavy (non-hydrogen) atoms. The second-order valence-corrected chi connectivity index (χ2v) is 8.75. The number of halogens is 4. The lowest BCUT2D eigenvalue weighted by Crippen LogP contribution is -2.48. The molecule has 0 saturated carbocycles. The minimum absolute atomic E-state index is 0.0467. The van der Waals surface area contributed by atoms with E-state index in [0.29, 0.717) is 42.8 Å². The van der Waals surface area contributed by atoms with Crippen LogP contribution in [0.5, 0.6) is 0 Å². The minimum atomic E-state index is -4.37. The summed E-state index contributed by atoms with van der Waals surface area (Å²) < 4.78 is 51.6. The summed E-state index contributed by atoms with van der Waals surface area (Å²) in [7, 11) is 0. The third kappa shape index (κ3) is 4.16. The zero-order chi connectivity index (χ0) is 20.8. The molecule has 156 valence electrons.